The third-order valence-electron chi connectivity index (χ3n) is 4.81. The summed E-state index contributed by atoms with van der Waals surface area (Å²) in [6.45, 7) is 5.96. The summed E-state index contributed by atoms with van der Waals surface area (Å²) in [5.74, 6) is 0.946. The molecule has 1 atom stereocenters. The zero-order valence-corrected chi connectivity index (χ0v) is 17.0. The Hall–Kier alpha value is -3.02. The average molecular weight is 396 g/mol. The standard InChI is InChI=1S/C23H28N2O4/c1-3-13-29-19-11-9-17(10-12-19)15-24-23(27)18-14-22(26)25(16-18)20-7-5-6-8-21(20)28-4-2/h5-12,18H,3-4,13-16H2,1-2H3,(H,24,27). The number of carbonyl (C=O) groups is 2. The van der Waals surface area contributed by atoms with Crippen LogP contribution in [0.5, 0.6) is 11.5 Å². The summed E-state index contributed by atoms with van der Waals surface area (Å²) in [7, 11) is 0. The molecule has 154 valence electrons. The normalized spacial score (nSPS) is 16.0. The fourth-order valence-corrected chi connectivity index (χ4v) is 3.33. The van der Waals surface area contributed by atoms with E-state index < -0.39 is 0 Å². The Kier molecular flexibility index (Phi) is 7.11. The molecular formula is C23H28N2O4. The summed E-state index contributed by atoms with van der Waals surface area (Å²) in [6.07, 6.45) is 1.17. The summed E-state index contributed by atoms with van der Waals surface area (Å²) < 4.78 is 11.2. The molecule has 2 aromatic carbocycles. The number of para-hydroxylation sites is 2. The van der Waals surface area contributed by atoms with Gasteiger partial charge in [0.25, 0.3) is 0 Å². The molecule has 0 spiro atoms. The maximum atomic E-state index is 12.6. The lowest BCUT2D eigenvalue weighted by molar-refractivity contribution is -0.126. The number of benzene rings is 2. The highest BCUT2D eigenvalue weighted by molar-refractivity contribution is 6.01. The Morgan fingerprint density at radius 1 is 1.10 bits per heavy atom. The number of rotatable bonds is 9. The Balaban J connectivity index is 1.57. The number of amides is 2. The molecule has 1 aliphatic heterocycles. The van der Waals surface area contributed by atoms with Crippen molar-refractivity contribution in [1.29, 1.82) is 0 Å². The molecule has 6 heteroatoms. The van der Waals surface area contributed by atoms with E-state index in [9.17, 15) is 9.59 Å². The molecule has 1 saturated heterocycles. The number of carbonyl (C=O) groups excluding carboxylic acids is 2. The van der Waals surface area contributed by atoms with Crippen LogP contribution < -0.4 is 19.7 Å². The summed E-state index contributed by atoms with van der Waals surface area (Å²) in [5, 5.41) is 2.95. The van der Waals surface area contributed by atoms with Gasteiger partial charge in [-0.15, -0.1) is 0 Å². The van der Waals surface area contributed by atoms with Crippen molar-refractivity contribution in [2.24, 2.45) is 5.92 Å². The van der Waals surface area contributed by atoms with Crippen molar-refractivity contribution >= 4 is 17.5 Å². The molecule has 0 aliphatic carbocycles. The molecular weight excluding hydrogens is 368 g/mol. The summed E-state index contributed by atoms with van der Waals surface area (Å²) in [4.78, 5) is 26.8. The Bertz CT molecular complexity index is 835. The van der Waals surface area contributed by atoms with Crippen molar-refractivity contribution in [2.75, 3.05) is 24.7 Å². The van der Waals surface area contributed by atoms with Gasteiger partial charge in [-0.05, 0) is 43.2 Å². The van der Waals surface area contributed by atoms with Crippen LogP contribution in [0.2, 0.25) is 0 Å². The Morgan fingerprint density at radius 2 is 1.86 bits per heavy atom. The molecule has 29 heavy (non-hydrogen) atoms. The Morgan fingerprint density at radius 3 is 2.59 bits per heavy atom. The van der Waals surface area contributed by atoms with Gasteiger partial charge < -0.3 is 19.7 Å². The zero-order valence-electron chi connectivity index (χ0n) is 17.0. The first-order chi connectivity index (χ1) is 14.1. The highest BCUT2D eigenvalue weighted by Crippen LogP contribution is 2.33. The molecule has 1 aliphatic rings. The van der Waals surface area contributed by atoms with Crippen LogP contribution in [0, 0.1) is 5.92 Å². The van der Waals surface area contributed by atoms with Crippen LogP contribution in [-0.4, -0.2) is 31.6 Å². The van der Waals surface area contributed by atoms with Crippen molar-refractivity contribution in [3.05, 3.63) is 54.1 Å². The lowest BCUT2D eigenvalue weighted by Crippen LogP contribution is -2.32. The summed E-state index contributed by atoms with van der Waals surface area (Å²) in [6, 6.07) is 15.1. The van der Waals surface area contributed by atoms with Crippen LogP contribution in [0.15, 0.2) is 48.5 Å². The maximum Gasteiger partial charge on any atom is 0.227 e. The minimum atomic E-state index is -0.371. The second kappa shape index (κ2) is 9.96. The molecule has 3 rings (SSSR count). The third kappa shape index (κ3) is 5.28. The SMILES string of the molecule is CCCOc1ccc(CNC(=O)C2CC(=O)N(c3ccccc3OCC)C2)cc1. The van der Waals surface area contributed by atoms with E-state index in [1.807, 2.05) is 55.5 Å². The second-order valence-electron chi connectivity index (χ2n) is 7.02. The van der Waals surface area contributed by atoms with E-state index in [-0.39, 0.29) is 24.2 Å². The minimum Gasteiger partial charge on any atom is -0.494 e. The van der Waals surface area contributed by atoms with Crippen LogP contribution in [0.3, 0.4) is 0 Å². The summed E-state index contributed by atoms with van der Waals surface area (Å²) >= 11 is 0. The van der Waals surface area contributed by atoms with Gasteiger partial charge in [0.1, 0.15) is 11.5 Å². The molecule has 6 nitrogen and oxygen atoms in total. The first-order valence-corrected chi connectivity index (χ1v) is 10.1. The van der Waals surface area contributed by atoms with Gasteiger partial charge in [-0.25, -0.2) is 0 Å². The van der Waals surface area contributed by atoms with Gasteiger partial charge in [0.15, 0.2) is 0 Å². The van der Waals surface area contributed by atoms with E-state index in [4.69, 9.17) is 9.47 Å². The lowest BCUT2D eigenvalue weighted by Gasteiger charge is -2.20. The maximum absolute atomic E-state index is 12.6. The number of anilines is 1. The highest BCUT2D eigenvalue weighted by Gasteiger charge is 2.36. The topological polar surface area (TPSA) is 67.9 Å². The number of hydrogen-bond donors (Lipinski definition) is 1. The zero-order chi connectivity index (χ0) is 20.6. The largest absolute Gasteiger partial charge is 0.494 e. The monoisotopic (exact) mass is 396 g/mol. The van der Waals surface area contributed by atoms with Gasteiger partial charge >= 0.3 is 0 Å². The minimum absolute atomic E-state index is 0.0604. The van der Waals surface area contributed by atoms with Gasteiger partial charge in [0.2, 0.25) is 11.8 Å². The quantitative estimate of drug-likeness (QED) is 0.704. The molecule has 2 amide bonds. The molecule has 0 bridgehead atoms. The van der Waals surface area contributed by atoms with Crippen LogP contribution >= 0.6 is 0 Å². The number of nitrogens with one attached hydrogen (secondary N) is 1. The van der Waals surface area contributed by atoms with Crippen molar-refractivity contribution in [1.82, 2.24) is 5.32 Å². The van der Waals surface area contributed by atoms with Crippen molar-refractivity contribution in [3.8, 4) is 11.5 Å². The van der Waals surface area contributed by atoms with Gasteiger partial charge in [-0.2, -0.15) is 0 Å². The van der Waals surface area contributed by atoms with Crippen molar-refractivity contribution in [2.45, 2.75) is 33.2 Å². The third-order valence-corrected chi connectivity index (χ3v) is 4.81. The summed E-state index contributed by atoms with van der Waals surface area (Å²) in [5.41, 5.74) is 1.71. The second-order valence-corrected chi connectivity index (χ2v) is 7.02. The first kappa shape index (κ1) is 20.7. The molecule has 0 saturated carbocycles. The predicted molar refractivity (Wildman–Crippen MR) is 112 cm³/mol. The van der Waals surface area contributed by atoms with E-state index in [0.29, 0.717) is 32.1 Å². The van der Waals surface area contributed by atoms with Gasteiger partial charge in [-0.1, -0.05) is 31.2 Å². The van der Waals surface area contributed by atoms with E-state index in [1.165, 1.54) is 0 Å². The molecule has 2 aromatic rings. The van der Waals surface area contributed by atoms with E-state index >= 15 is 0 Å². The molecule has 1 N–H and O–H groups in total. The lowest BCUT2D eigenvalue weighted by atomic mass is 10.1. The first-order valence-electron chi connectivity index (χ1n) is 10.1. The fourth-order valence-electron chi connectivity index (χ4n) is 3.33. The molecule has 0 radical (unpaired) electrons. The van der Waals surface area contributed by atoms with Crippen LogP contribution in [0.25, 0.3) is 0 Å². The smallest absolute Gasteiger partial charge is 0.227 e. The number of ether oxygens (including phenoxy) is 2. The van der Waals surface area contributed by atoms with Crippen LogP contribution in [0.1, 0.15) is 32.3 Å². The van der Waals surface area contributed by atoms with E-state index in [1.54, 1.807) is 4.90 Å². The fraction of sp³-hybridized carbons (Fsp3) is 0.391. The molecule has 0 aromatic heterocycles. The predicted octanol–water partition coefficient (Wildman–Crippen LogP) is 3.54. The van der Waals surface area contributed by atoms with Gasteiger partial charge in [0.05, 0.1) is 24.8 Å². The van der Waals surface area contributed by atoms with Crippen LogP contribution in [-0.2, 0) is 16.1 Å². The van der Waals surface area contributed by atoms with E-state index in [2.05, 4.69) is 12.2 Å². The number of nitrogens with zero attached hydrogens (tertiary/aromatic N) is 1. The number of hydrogen-bond acceptors (Lipinski definition) is 4. The van der Waals surface area contributed by atoms with Crippen molar-refractivity contribution < 1.29 is 19.1 Å². The average Bonchev–Trinajstić information content (AvgIpc) is 3.13. The molecule has 1 heterocycles. The van der Waals surface area contributed by atoms with Gasteiger partial charge in [-0.3, -0.25) is 9.59 Å². The van der Waals surface area contributed by atoms with Gasteiger partial charge in [0, 0.05) is 19.5 Å². The van der Waals surface area contributed by atoms with Crippen LogP contribution in [0.4, 0.5) is 5.69 Å². The highest BCUT2D eigenvalue weighted by atomic mass is 16.5. The molecule has 1 fully saturated rings. The van der Waals surface area contributed by atoms with E-state index in [0.717, 1.165) is 23.4 Å². The van der Waals surface area contributed by atoms with Crippen molar-refractivity contribution in [3.63, 3.8) is 0 Å². The molecule has 1 unspecified atom stereocenters. The Labute approximate surface area is 171 Å².